The van der Waals surface area contributed by atoms with Crippen LogP contribution in [0.2, 0.25) is 0 Å². The van der Waals surface area contributed by atoms with Gasteiger partial charge in [-0.3, -0.25) is 14.7 Å². The summed E-state index contributed by atoms with van der Waals surface area (Å²) < 4.78 is 0. The fourth-order valence-corrected chi connectivity index (χ4v) is 6.08. The Labute approximate surface area is 194 Å². The molecule has 0 aliphatic carbocycles. The summed E-state index contributed by atoms with van der Waals surface area (Å²) in [5.41, 5.74) is 2.29. The van der Waals surface area contributed by atoms with Gasteiger partial charge in [0, 0.05) is 57.4 Å². The molecule has 178 valence electrons. The van der Waals surface area contributed by atoms with Gasteiger partial charge in [-0.15, -0.1) is 0 Å². The minimum absolute atomic E-state index is 0.227. The number of carbonyl (C=O) groups is 1. The van der Waals surface area contributed by atoms with Crippen LogP contribution in [0, 0.1) is 18.8 Å². The number of hydrogen-bond donors (Lipinski definition) is 0. The second kappa shape index (κ2) is 11.1. The summed E-state index contributed by atoms with van der Waals surface area (Å²) in [6, 6.07) is 7.00. The lowest BCUT2D eigenvalue weighted by Crippen LogP contribution is -2.49. The molecule has 6 heteroatoms. The maximum Gasteiger partial charge on any atom is 0.225 e. The van der Waals surface area contributed by atoms with Gasteiger partial charge in [0.1, 0.15) is 0 Å². The third kappa shape index (κ3) is 6.30. The van der Waals surface area contributed by atoms with E-state index in [9.17, 15) is 4.79 Å². The van der Waals surface area contributed by atoms with Crippen molar-refractivity contribution in [3.05, 3.63) is 29.6 Å². The lowest BCUT2D eigenvalue weighted by atomic mass is 9.91. The van der Waals surface area contributed by atoms with Gasteiger partial charge >= 0.3 is 0 Å². The van der Waals surface area contributed by atoms with E-state index in [4.69, 9.17) is 0 Å². The van der Waals surface area contributed by atoms with Crippen LogP contribution < -0.4 is 0 Å². The highest BCUT2D eigenvalue weighted by atomic mass is 16.2. The standard InChI is InChI=1S/C26H43N5O/c1-21-6-4-8-24(27-21)20-30-14-11-25(12-15-30)31-16-9-23(10-17-31)26(32)29(3)19-22-7-5-13-28(2)18-22/h4,6,8,22-23,25H,5,7,9-20H2,1-3H3/t22-/m1/s1. The SMILES string of the molecule is Cc1cccc(CN2CCC(N3CCC(C(=O)N(C)C[C@@H]4CCCN(C)C4)CC3)CC2)n1. The third-order valence-electron chi connectivity index (χ3n) is 7.91. The van der Waals surface area contributed by atoms with Gasteiger partial charge in [0.2, 0.25) is 5.91 Å². The van der Waals surface area contributed by atoms with Gasteiger partial charge < -0.3 is 14.7 Å². The van der Waals surface area contributed by atoms with E-state index in [2.05, 4.69) is 51.9 Å². The Bertz CT molecular complexity index is 739. The van der Waals surface area contributed by atoms with Crippen LogP contribution in [0.1, 0.15) is 49.9 Å². The molecule has 0 unspecified atom stereocenters. The molecule has 3 aliphatic heterocycles. The molecule has 1 atom stereocenters. The van der Waals surface area contributed by atoms with Crippen LogP contribution in [0.15, 0.2) is 18.2 Å². The summed E-state index contributed by atoms with van der Waals surface area (Å²) in [6.07, 6.45) is 7.06. The molecule has 3 aliphatic rings. The van der Waals surface area contributed by atoms with Gasteiger partial charge in [-0.05, 0) is 90.2 Å². The molecule has 4 rings (SSSR count). The van der Waals surface area contributed by atoms with E-state index in [0.29, 0.717) is 17.9 Å². The molecule has 0 bridgehead atoms. The lowest BCUT2D eigenvalue weighted by molar-refractivity contribution is -0.136. The maximum absolute atomic E-state index is 13.1. The predicted molar refractivity (Wildman–Crippen MR) is 129 cm³/mol. The van der Waals surface area contributed by atoms with Gasteiger partial charge in [0.25, 0.3) is 0 Å². The number of piperidine rings is 3. The van der Waals surface area contributed by atoms with Crippen LogP contribution >= 0.6 is 0 Å². The van der Waals surface area contributed by atoms with E-state index in [0.717, 1.165) is 64.3 Å². The molecule has 0 radical (unpaired) electrons. The second-order valence-electron chi connectivity index (χ2n) is 10.6. The number of pyridine rings is 1. The first-order valence-electron chi connectivity index (χ1n) is 12.8. The molecule has 6 nitrogen and oxygen atoms in total. The monoisotopic (exact) mass is 441 g/mol. The van der Waals surface area contributed by atoms with Crippen molar-refractivity contribution in [3.8, 4) is 0 Å². The first-order chi connectivity index (χ1) is 15.5. The molecule has 0 saturated carbocycles. The molecule has 1 aromatic heterocycles. The highest BCUT2D eigenvalue weighted by molar-refractivity contribution is 5.78. The lowest BCUT2D eigenvalue weighted by Gasteiger charge is -2.42. The van der Waals surface area contributed by atoms with E-state index in [-0.39, 0.29) is 5.92 Å². The molecular formula is C26H43N5O. The fraction of sp³-hybridized carbons (Fsp3) is 0.769. The van der Waals surface area contributed by atoms with Crippen molar-refractivity contribution >= 4 is 5.91 Å². The van der Waals surface area contributed by atoms with E-state index in [1.807, 2.05) is 11.9 Å². The molecular weight excluding hydrogens is 398 g/mol. The topological polar surface area (TPSA) is 42.9 Å². The molecule has 0 spiro atoms. The van der Waals surface area contributed by atoms with Crippen molar-refractivity contribution < 1.29 is 4.79 Å². The molecule has 1 amide bonds. The van der Waals surface area contributed by atoms with Gasteiger partial charge in [0.05, 0.1) is 5.69 Å². The average Bonchev–Trinajstić information content (AvgIpc) is 2.79. The molecule has 0 N–H and O–H groups in total. The number of carbonyl (C=O) groups excluding carboxylic acids is 1. The van der Waals surface area contributed by atoms with E-state index in [1.165, 1.54) is 37.9 Å². The average molecular weight is 442 g/mol. The number of likely N-dealkylation sites (tertiary alicyclic amines) is 3. The van der Waals surface area contributed by atoms with E-state index >= 15 is 0 Å². The molecule has 1 aromatic rings. The molecule has 3 fully saturated rings. The Balaban J connectivity index is 1.17. The van der Waals surface area contributed by atoms with Crippen molar-refractivity contribution in [1.82, 2.24) is 24.6 Å². The fourth-order valence-electron chi connectivity index (χ4n) is 6.08. The summed E-state index contributed by atoms with van der Waals surface area (Å²) in [5.74, 6) is 1.26. The van der Waals surface area contributed by atoms with Crippen LogP contribution in [-0.4, -0.2) is 96.4 Å². The number of amides is 1. The summed E-state index contributed by atoms with van der Waals surface area (Å²) >= 11 is 0. The van der Waals surface area contributed by atoms with Crippen LogP contribution in [0.4, 0.5) is 0 Å². The Morgan fingerprint density at radius 2 is 1.81 bits per heavy atom. The number of aromatic nitrogens is 1. The number of nitrogens with zero attached hydrogens (tertiary/aromatic N) is 5. The summed E-state index contributed by atoms with van der Waals surface area (Å²) in [4.78, 5) is 27.4. The number of aryl methyl sites for hydroxylation is 1. The van der Waals surface area contributed by atoms with Crippen molar-refractivity contribution in [3.63, 3.8) is 0 Å². The van der Waals surface area contributed by atoms with Crippen LogP contribution in [0.5, 0.6) is 0 Å². The van der Waals surface area contributed by atoms with Crippen molar-refractivity contribution in [2.24, 2.45) is 11.8 Å². The van der Waals surface area contributed by atoms with Crippen LogP contribution in [-0.2, 0) is 11.3 Å². The van der Waals surface area contributed by atoms with Gasteiger partial charge in [-0.2, -0.15) is 0 Å². The highest BCUT2D eigenvalue weighted by Gasteiger charge is 2.32. The Morgan fingerprint density at radius 3 is 2.50 bits per heavy atom. The normalized spacial score (nSPS) is 25.2. The van der Waals surface area contributed by atoms with Gasteiger partial charge in [-0.25, -0.2) is 0 Å². The zero-order valence-corrected chi connectivity index (χ0v) is 20.5. The van der Waals surface area contributed by atoms with Crippen molar-refractivity contribution in [2.45, 2.75) is 58.0 Å². The Morgan fingerprint density at radius 1 is 1.06 bits per heavy atom. The van der Waals surface area contributed by atoms with Crippen LogP contribution in [0.25, 0.3) is 0 Å². The Hall–Kier alpha value is -1.50. The Kier molecular flexibility index (Phi) is 8.19. The zero-order valence-electron chi connectivity index (χ0n) is 20.5. The van der Waals surface area contributed by atoms with Gasteiger partial charge in [-0.1, -0.05) is 6.07 Å². The maximum atomic E-state index is 13.1. The molecule has 3 saturated heterocycles. The van der Waals surface area contributed by atoms with Crippen LogP contribution in [0.3, 0.4) is 0 Å². The summed E-state index contributed by atoms with van der Waals surface area (Å²) in [6.45, 7) is 10.8. The minimum atomic E-state index is 0.227. The van der Waals surface area contributed by atoms with Crippen molar-refractivity contribution in [1.29, 1.82) is 0 Å². The largest absolute Gasteiger partial charge is 0.345 e. The quantitative estimate of drug-likeness (QED) is 0.679. The first kappa shape index (κ1) is 23.7. The minimum Gasteiger partial charge on any atom is -0.345 e. The number of hydrogen-bond acceptors (Lipinski definition) is 5. The molecule has 32 heavy (non-hydrogen) atoms. The summed E-state index contributed by atoms with van der Waals surface area (Å²) in [7, 11) is 4.23. The summed E-state index contributed by atoms with van der Waals surface area (Å²) in [5, 5.41) is 0. The third-order valence-corrected chi connectivity index (χ3v) is 7.91. The smallest absolute Gasteiger partial charge is 0.225 e. The molecule has 4 heterocycles. The molecule has 0 aromatic carbocycles. The van der Waals surface area contributed by atoms with Crippen molar-refractivity contribution in [2.75, 3.05) is 59.9 Å². The second-order valence-corrected chi connectivity index (χ2v) is 10.6. The zero-order chi connectivity index (χ0) is 22.5. The highest BCUT2D eigenvalue weighted by Crippen LogP contribution is 2.26. The predicted octanol–water partition coefficient (Wildman–Crippen LogP) is 2.87. The van der Waals surface area contributed by atoms with Gasteiger partial charge in [0.15, 0.2) is 0 Å². The van der Waals surface area contributed by atoms with E-state index in [1.54, 1.807) is 0 Å². The van der Waals surface area contributed by atoms with E-state index < -0.39 is 0 Å². The first-order valence-corrected chi connectivity index (χ1v) is 12.8. The number of rotatable bonds is 6.